The zero-order valence-electron chi connectivity index (χ0n) is 13.7. The molecular weight excluding hydrogens is 338 g/mol. The summed E-state index contributed by atoms with van der Waals surface area (Å²) in [5, 5.41) is 8.24. The second kappa shape index (κ2) is 6.21. The molecule has 0 saturated heterocycles. The lowest BCUT2D eigenvalue weighted by molar-refractivity contribution is -0.113. The van der Waals surface area contributed by atoms with Gasteiger partial charge in [0.1, 0.15) is 22.6 Å². The molecule has 0 aliphatic carbocycles. The smallest absolute Gasteiger partial charge is 0.236 e. The fourth-order valence-corrected chi connectivity index (χ4v) is 3.39. The number of anilines is 1. The van der Waals surface area contributed by atoms with Crippen LogP contribution in [-0.2, 0) is 4.79 Å². The highest BCUT2D eigenvalue weighted by Crippen LogP contribution is 2.30. The fraction of sp³-hybridized carbons (Fsp3) is 0.176. The minimum absolute atomic E-state index is 0.169. The van der Waals surface area contributed by atoms with E-state index in [1.54, 1.807) is 13.0 Å². The zero-order valence-corrected chi connectivity index (χ0v) is 14.5. The van der Waals surface area contributed by atoms with Crippen molar-refractivity contribution in [1.82, 2.24) is 20.1 Å². The molecule has 7 nitrogen and oxygen atoms in total. The maximum Gasteiger partial charge on any atom is 0.236 e. The van der Waals surface area contributed by atoms with Crippen LogP contribution in [0, 0.1) is 13.8 Å². The van der Waals surface area contributed by atoms with E-state index >= 15 is 0 Å². The van der Waals surface area contributed by atoms with Crippen molar-refractivity contribution in [3.8, 4) is 0 Å². The predicted molar refractivity (Wildman–Crippen MR) is 96.7 cm³/mol. The van der Waals surface area contributed by atoms with Crippen LogP contribution in [0.2, 0.25) is 0 Å². The molecule has 0 saturated carbocycles. The Balaban J connectivity index is 1.57. The Hall–Kier alpha value is -2.87. The van der Waals surface area contributed by atoms with Crippen molar-refractivity contribution >= 4 is 45.4 Å². The third kappa shape index (κ3) is 3.08. The summed E-state index contributed by atoms with van der Waals surface area (Å²) < 4.78 is 4.93. The first-order chi connectivity index (χ1) is 12.1. The molecule has 126 valence electrons. The van der Waals surface area contributed by atoms with Crippen molar-refractivity contribution in [2.24, 2.45) is 0 Å². The largest absolute Gasteiger partial charge is 0.360 e. The summed E-state index contributed by atoms with van der Waals surface area (Å²) in [6, 6.07) is 7.84. The highest BCUT2D eigenvalue weighted by atomic mass is 32.2. The van der Waals surface area contributed by atoms with Gasteiger partial charge in [0.05, 0.1) is 11.3 Å². The molecule has 2 N–H and O–H groups in total. The number of nitrogens with zero attached hydrogens (tertiary/aromatic N) is 3. The average Bonchev–Trinajstić information content (AvgIpc) is 3.16. The molecular formula is C17H15N5O2S. The van der Waals surface area contributed by atoms with Gasteiger partial charge in [0.25, 0.3) is 0 Å². The molecule has 0 aliphatic heterocycles. The van der Waals surface area contributed by atoms with E-state index in [4.69, 9.17) is 4.52 Å². The van der Waals surface area contributed by atoms with E-state index in [0.717, 1.165) is 27.0 Å². The second-order valence-corrected chi connectivity index (χ2v) is 6.70. The molecule has 0 fully saturated rings. The first-order valence-corrected chi connectivity index (χ1v) is 8.68. The molecule has 0 radical (unpaired) electrons. The molecule has 25 heavy (non-hydrogen) atoms. The van der Waals surface area contributed by atoms with Crippen molar-refractivity contribution in [3.05, 3.63) is 41.9 Å². The lowest BCUT2D eigenvalue weighted by Gasteiger charge is -2.02. The number of aryl methyl sites for hydroxylation is 2. The summed E-state index contributed by atoms with van der Waals surface area (Å²) in [7, 11) is 0. The molecule has 4 rings (SSSR count). The molecule has 3 aromatic heterocycles. The topological polar surface area (TPSA) is 96.7 Å². The number of carbonyl (C=O) groups excluding carboxylic acids is 1. The Morgan fingerprint density at radius 2 is 2.16 bits per heavy atom. The van der Waals surface area contributed by atoms with Gasteiger partial charge in [-0.1, -0.05) is 28.5 Å². The molecule has 0 unspecified atom stereocenters. The second-order valence-electron chi connectivity index (χ2n) is 5.74. The normalized spacial score (nSPS) is 11.3. The Kier molecular flexibility index (Phi) is 3.89. The molecule has 0 aliphatic rings. The molecule has 0 bridgehead atoms. The summed E-state index contributed by atoms with van der Waals surface area (Å²) in [6.45, 7) is 3.82. The number of fused-ring (bicyclic) bond motifs is 3. The van der Waals surface area contributed by atoms with E-state index in [1.165, 1.54) is 23.7 Å². The quantitative estimate of drug-likeness (QED) is 0.431. The van der Waals surface area contributed by atoms with Crippen LogP contribution in [0.15, 0.2) is 40.1 Å². The number of aromatic nitrogens is 4. The molecule has 8 heteroatoms. The van der Waals surface area contributed by atoms with E-state index in [2.05, 4.69) is 31.5 Å². The van der Waals surface area contributed by atoms with Crippen LogP contribution in [0.5, 0.6) is 0 Å². The minimum atomic E-state index is -0.169. The van der Waals surface area contributed by atoms with Crippen LogP contribution >= 0.6 is 11.8 Å². The van der Waals surface area contributed by atoms with Gasteiger partial charge in [-0.25, -0.2) is 9.97 Å². The highest BCUT2D eigenvalue weighted by molar-refractivity contribution is 8.00. The van der Waals surface area contributed by atoms with Gasteiger partial charge in [0.15, 0.2) is 5.82 Å². The van der Waals surface area contributed by atoms with Crippen LogP contribution in [0.4, 0.5) is 5.82 Å². The van der Waals surface area contributed by atoms with E-state index < -0.39 is 0 Å². The lowest BCUT2D eigenvalue weighted by atomic mass is 10.2. The molecule has 4 aromatic rings. The lowest BCUT2D eigenvalue weighted by Crippen LogP contribution is -2.14. The third-order valence-corrected chi connectivity index (χ3v) is 4.73. The van der Waals surface area contributed by atoms with Gasteiger partial charge >= 0.3 is 0 Å². The summed E-state index contributed by atoms with van der Waals surface area (Å²) in [4.78, 5) is 24.1. The minimum Gasteiger partial charge on any atom is -0.360 e. The predicted octanol–water partition coefficient (Wildman–Crippen LogP) is 3.45. The number of H-pyrrole nitrogens is 1. The van der Waals surface area contributed by atoms with Gasteiger partial charge in [-0.2, -0.15) is 0 Å². The van der Waals surface area contributed by atoms with Crippen molar-refractivity contribution in [2.75, 3.05) is 11.1 Å². The van der Waals surface area contributed by atoms with Crippen LogP contribution in [0.1, 0.15) is 11.3 Å². The number of nitrogens with one attached hydrogen (secondary N) is 2. The molecule has 1 amide bonds. The van der Waals surface area contributed by atoms with Gasteiger partial charge in [-0.05, 0) is 26.0 Å². The van der Waals surface area contributed by atoms with Gasteiger partial charge < -0.3 is 14.8 Å². The molecule has 3 heterocycles. The van der Waals surface area contributed by atoms with Crippen molar-refractivity contribution in [2.45, 2.75) is 18.9 Å². The summed E-state index contributed by atoms with van der Waals surface area (Å²) in [5.74, 6) is 1.11. The molecule has 0 spiro atoms. The van der Waals surface area contributed by atoms with Gasteiger partial charge in [0.2, 0.25) is 5.91 Å². The summed E-state index contributed by atoms with van der Waals surface area (Å²) >= 11 is 1.35. The van der Waals surface area contributed by atoms with Gasteiger partial charge in [-0.3, -0.25) is 4.79 Å². The van der Waals surface area contributed by atoms with Crippen LogP contribution in [-0.4, -0.2) is 31.8 Å². The van der Waals surface area contributed by atoms with E-state index in [0.29, 0.717) is 11.6 Å². The summed E-state index contributed by atoms with van der Waals surface area (Å²) in [6.07, 6.45) is 1.53. The standard InChI is InChI=1S/C17H15N5O2S/c1-9-3-4-12-11(5-9)15-16(20-12)17(19-8-18-15)25-7-14(23)21-13-6-10(2)24-22-13/h3-6,8,20H,7H2,1-2H3,(H,21,22,23). The monoisotopic (exact) mass is 353 g/mol. The Morgan fingerprint density at radius 3 is 2.96 bits per heavy atom. The van der Waals surface area contributed by atoms with E-state index in [1.807, 2.05) is 19.1 Å². The number of hydrogen-bond acceptors (Lipinski definition) is 6. The van der Waals surface area contributed by atoms with Crippen molar-refractivity contribution in [3.63, 3.8) is 0 Å². The van der Waals surface area contributed by atoms with E-state index in [-0.39, 0.29) is 11.7 Å². The summed E-state index contributed by atoms with van der Waals surface area (Å²) in [5.41, 5.74) is 3.89. The SMILES string of the molecule is Cc1ccc2[nH]c3c(SCC(=O)Nc4cc(C)on4)ncnc3c2c1. The number of hydrogen-bond donors (Lipinski definition) is 2. The number of benzene rings is 1. The number of amides is 1. The zero-order chi connectivity index (χ0) is 17.4. The number of aromatic amines is 1. The number of carbonyl (C=O) groups is 1. The van der Waals surface area contributed by atoms with Crippen molar-refractivity contribution in [1.29, 1.82) is 0 Å². The van der Waals surface area contributed by atoms with E-state index in [9.17, 15) is 4.79 Å². The molecule has 0 atom stereocenters. The van der Waals surface area contributed by atoms with Crippen molar-refractivity contribution < 1.29 is 9.32 Å². The maximum atomic E-state index is 12.1. The van der Waals surface area contributed by atoms with Crippen LogP contribution in [0.3, 0.4) is 0 Å². The Morgan fingerprint density at radius 1 is 1.28 bits per heavy atom. The number of rotatable bonds is 4. The Labute approximate surface area is 147 Å². The van der Waals surface area contributed by atoms with Gasteiger partial charge in [-0.15, -0.1) is 0 Å². The average molecular weight is 353 g/mol. The maximum absolute atomic E-state index is 12.1. The van der Waals surface area contributed by atoms with Crippen LogP contribution < -0.4 is 5.32 Å². The fourth-order valence-electron chi connectivity index (χ4n) is 2.63. The van der Waals surface area contributed by atoms with Crippen LogP contribution in [0.25, 0.3) is 21.9 Å². The third-order valence-electron chi connectivity index (χ3n) is 3.74. The Bertz CT molecular complexity index is 1090. The first-order valence-electron chi connectivity index (χ1n) is 7.69. The number of thioether (sulfide) groups is 1. The van der Waals surface area contributed by atoms with Gasteiger partial charge in [0, 0.05) is 17.0 Å². The molecule has 1 aromatic carbocycles. The highest BCUT2D eigenvalue weighted by Gasteiger charge is 2.13. The first kappa shape index (κ1) is 15.6.